The number of likely N-dealkylation sites (tertiary alicyclic amines) is 1. The molecule has 20 heavy (non-hydrogen) atoms. The SMILES string of the molecule is CC(C)(C)OC(=O)N1CC[C@@H](CC2CC2)C[C@H]1C(=O)O. The Morgan fingerprint density at radius 2 is 1.85 bits per heavy atom. The first-order chi connectivity index (χ1) is 9.26. The fourth-order valence-corrected chi connectivity index (χ4v) is 2.85. The van der Waals surface area contributed by atoms with Crippen LogP contribution in [0, 0.1) is 11.8 Å². The second-order valence-electron chi connectivity index (χ2n) is 7.10. The molecule has 2 rings (SSSR count). The van der Waals surface area contributed by atoms with Crippen LogP contribution in [0.4, 0.5) is 4.79 Å². The number of carboxylic acids is 1. The van der Waals surface area contributed by atoms with Gasteiger partial charge in [0, 0.05) is 6.54 Å². The van der Waals surface area contributed by atoms with Crippen molar-refractivity contribution in [2.45, 2.75) is 64.5 Å². The molecule has 2 fully saturated rings. The number of hydrogen-bond acceptors (Lipinski definition) is 3. The molecule has 0 unspecified atom stereocenters. The van der Waals surface area contributed by atoms with Crippen molar-refractivity contribution in [1.82, 2.24) is 4.90 Å². The fraction of sp³-hybridized carbons (Fsp3) is 0.867. The molecule has 0 aromatic heterocycles. The minimum atomic E-state index is -0.920. The molecule has 1 aliphatic carbocycles. The molecule has 5 nitrogen and oxygen atoms in total. The topological polar surface area (TPSA) is 66.8 Å². The molecular weight excluding hydrogens is 258 g/mol. The lowest BCUT2D eigenvalue weighted by molar-refractivity contribution is -0.145. The molecule has 1 aliphatic heterocycles. The molecule has 5 heteroatoms. The van der Waals surface area contributed by atoms with E-state index < -0.39 is 23.7 Å². The average molecular weight is 283 g/mol. The zero-order valence-electron chi connectivity index (χ0n) is 12.6. The van der Waals surface area contributed by atoms with E-state index in [4.69, 9.17) is 4.74 Å². The van der Waals surface area contributed by atoms with Gasteiger partial charge >= 0.3 is 12.1 Å². The lowest BCUT2D eigenvalue weighted by Gasteiger charge is -2.38. The molecule has 2 aliphatic rings. The summed E-state index contributed by atoms with van der Waals surface area (Å²) in [4.78, 5) is 24.9. The highest BCUT2D eigenvalue weighted by atomic mass is 16.6. The Hall–Kier alpha value is -1.26. The van der Waals surface area contributed by atoms with E-state index in [1.165, 1.54) is 17.7 Å². The highest BCUT2D eigenvalue weighted by Gasteiger charge is 2.39. The zero-order valence-corrected chi connectivity index (χ0v) is 12.6. The van der Waals surface area contributed by atoms with Gasteiger partial charge in [-0.05, 0) is 51.9 Å². The minimum Gasteiger partial charge on any atom is -0.480 e. The van der Waals surface area contributed by atoms with Crippen LogP contribution in [-0.4, -0.2) is 40.3 Å². The summed E-state index contributed by atoms with van der Waals surface area (Å²) < 4.78 is 5.31. The highest BCUT2D eigenvalue weighted by molar-refractivity contribution is 5.80. The molecule has 0 aromatic carbocycles. The summed E-state index contributed by atoms with van der Waals surface area (Å²) in [6.07, 6.45) is 4.62. The zero-order chi connectivity index (χ0) is 14.9. The molecule has 0 radical (unpaired) electrons. The van der Waals surface area contributed by atoms with Crippen molar-refractivity contribution in [3.05, 3.63) is 0 Å². The van der Waals surface area contributed by atoms with Gasteiger partial charge in [-0.25, -0.2) is 9.59 Å². The first-order valence-corrected chi connectivity index (χ1v) is 7.48. The lowest BCUT2D eigenvalue weighted by atomic mass is 9.87. The van der Waals surface area contributed by atoms with Crippen LogP contribution in [0.3, 0.4) is 0 Å². The van der Waals surface area contributed by atoms with Gasteiger partial charge in [-0.1, -0.05) is 12.8 Å². The summed E-state index contributed by atoms with van der Waals surface area (Å²) in [5.41, 5.74) is -0.592. The summed E-state index contributed by atoms with van der Waals surface area (Å²) in [6.45, 7) is 5.87. The Morgan fingerprint density at radius 1 is 1.20 bits per heavy atom. The van der Waals surface area contributed by atoms with E-state index in [1.807, 2.05) is 0 Å². The number of carboxylic acid groups (broad SMARTS) is 1. The molecule has 1 amide bonds. The number of piperidine rings is 1. The van der Waals surface area contributed by atoms with Gasteiger partial charge in [0.2, 0.25) is 0 Å². The van der Waals surface area contributed by atoms with Gasteiger partial charge in [-0.2, -0.15) is 0 Å². The van der Waals surface area contributed by atoms with Gasteiger partial charge in [0.25, 0.3) is 0 Å². The molecule has 1 saturated carbocycles. The third-order valence-electron chi connectivity index (χ3n) is 3.99. The van der Waals surface area contributed by atoms with E-state index in [0.717, 1.165) is 18.8 Å². The van der Waals surface area contributed by atoms with Gasteiger partial charge in [0.05, 0.1) is 0 Å². The number of carbonyl (C=O) groups is 2. The Bertz CT molecular complexity index is 384. The van der Waals surface area contributed by atoms with Crippen LogP contribution in [0.25, 0.3) is 0 Å². The van der Waals surface area contributed by atoms with Crippen molar-refractivity contribution in [1.29, 1.82) is 0 Å². The number of nitrogens with zero attached hydrogens (tertiary/aromatic N) is 1. The Balaban J connectivity index is 1.97. The first kappa shape index (κ1) is 15.1. The van der Waals surface area contributed by atoms with Crippen molar-refractivity contribution in [3.63, 3.8) is 0 Å². The normalized spacial score (nSPS) is 27.2. The number of amides is 1. The number of rotatable bonds is 3. The van der Waals surface area contributed by atoms with Crippen molar-refractivity contribution >= 4 is 12.1 Å². The second kappa shape index (κ2) is 5.62. The molecule has 0 bridgehead atoms. The Morgan fingerprint density at radius 3 is 2.35 bits per heavy atom. The number of carbonyl (C=O) groups excluding carboxylic acids is 1. The van der Waals surface area contributed by atoms with Crippen LogP contribution in [-0.2, 0) is 9.53 Å². The third-order valence-corrected chi connectivity index (χ3v) is 3.99. The van der Waals surface area contributed by atoms with Crippen LogP contribution in [0.5, 0.6) is 0 Å². The van der Waals surface area contributed by atoms with Crippen molar-refractivity contribution in [2.75, 3.05) is 6.54 Å². The van der Waals surface area contributed by atoms with E-state index in [2.05, 4.69) is 0 Å². The van der Waals surface area contributed by atoms with Crippen molar-refractivity contribution in [2.24, 2.45) is 11.8 Å². The van der Waals surface area contributed by atoms with E-state index in [0.29, 0.717) is 18.9 Å². The van der Waals surface area contributed by atoms with Crippen LogP contribution < -0.4 is 0 Å². The largest absolute Gasteiger partial charge is 0.480 e. The summed E-state index contributed by atoms with van der Waals surface area (Å²) in [6, 6.07) is -0.734. The molecule has 0 spiro atoms. The first-order valence-electron chi connectivity index (χ1n) is 7.48. The van der Waals surface area contributed by atoms with Crippen molar-refractivity contribution in [3.8, 4) is 0 Å². The molecule has 2 atom stereocenters. The molecular formula is C15H25NO4. The van der Waals surface area contributed by atoms with Crippen molar-refractivity contribution < 1.29 is 19.4 Å². The fourth-order valence-electron chi connectivity index (χ4n) is 2.85. The van der Waals surface area contributed by atoms with Crippen LogP contribution in [0.15, 0.2) is 0 Å². The van der Waals surface area contributed by atoms with Crippen LogP contribution in [0.1, 0.15) is 52.9 Å². The maximum absolute atomic E-state index is 12.1. The third kappa shape index (κ3) is 4.12. The quantitative estimate of drug-likeness (QED) is 0.864. The number of ether oxygens (including phenoxy) is 1. The van der Waals surface area contributed by atoms with Gasteiger partial charge in [0.15, 0.2) is 0 Å². The molecule has 114 valence electrons. The van der Waals surface area contributed by atoms with E-state index in [-0.39, 0.29) is 0 Å². The average Bonchev–Trinajstić information content (AvgIpc) is 3.10. The van der Waals surface area contributed by atoms with E-state index in [1.54, 1.807) is 20.8 Å². The van der Waals surface area contributed by atoms with Crippen LogP contribution in [0.2, 0.25) is 0 Å². The van der Waals surface area contributed by atoms with E-state index in [9.17, 15) is 14.7 Å². The number of hydrogen-bond donors (Lipinski definition) is 1. The summed E-state index contributed by atoms with van der Waals surface area (Å²) in [5, 5.41) is 9.37. The molecule has 0 aromatic rings. The highest BCUT2D eigenvalue weighted by Crippen LogP contribution is 2.39. The Kier molecular flexibility index (Phi) is 4.25. The lowest BCUT2D eigenvalue weighted by Crippen LogP contribution is -2.51. The smallest absolute Gasteiger partial charge is 0.411 e. The van der Waals surface area contributed by atoms with Gasteiger partial charge in [-0.3, -0.25) is 4.90 Å². The molecule has 1 saturated heterocycles. The van der Waals surface area contributed by atoms with E-state index >= 15 is 0 Å². The summed E-state index contributed by atoms with van der Waals surface area (Å²) in [5.74, 6) is 0.307. The van der Waals surface area contributed by atoms with Crippen LogP contribution >= 0.6 is 0 Å². The maximum atomic E-state index is 12.1. The van der Waals surface area contributed by atoms with Gasteiger partial charge in [0.1, 0.15) is 11.6 Å². The molecule has 1 heterocycles. The summed E-state index contributed by atoms with van der Waals surface area (Å²) in [7, 11) is 0. The predicted molar refractivity (Wildman–Crippen MR) is 74.4 cm³/mol. The second-order valence-corrected chi connectivity index (χ2v) is 7.10. The predicted octanol–water partition coefficient (Wildman–Crippen LogP) is 2.89. The maximum Gasteiger partial charge on any atom is 0.411 e. The Labute approximate surface area is 120 Å². The minimum absolute atomic E-state index is 0.433. The number of aliphatic carboxylic acids is 1. The van der Waals surface area contributed by atoms with Gasteiger partial charge in [-0.15, -0.1) is 0 Å². The summed E-state index contributed by atoms with van der Waals surface area (Å²) >= 11 is 0. The van der Waals surface area contributed by atoms with Gasteiger partial charge < -0.3 is 9.84 Å². The standard InChI is InChI=1S/C15H25NO4/c1-15(2,3)20-14(19)16-7-6-11(8-10-4-5-10)9-12(16)13(17)18/h10-12H,4-9H2,1-3H3,(H,17,18)/t11-,12-/m0/s1. The molecule has 1 N–H and O–H groups in total. The monoisotopic (exact) mass is 283 g/mol.